The predicted molar refractivity (Wildman–Crippen MR) is 50.5 cm³/mol. The third-order valence-corrected chi connectivity index (χ3v) is 2.13. The maximum Gasteiger partial charge on any atom is 0.137 e. The zero-order chi connectivity index (χ0) is 8.27. The minimum atomic E-state index is 0.586. The number of nitrogens with zero attached hydrogens (tertiary/aromatic N) is 1. The van der Waals surface area contributed by atoms with E-state index in [0.717, 1.165) is 10.5 Å². The highest BCUT2D eigenvalue weighted by Gasteiger charge is 1.97. The van der Waals surface area contributed by atoms with Gasteiger partial charge in [0.15, 0.2) is 0 Å². The molecule has 0 saturated carbocycles. The van der Waals surface area contributed by atoms with Gasteiger partial charge in [0.2, 0.25) is 0 Å². The quantitative estimate of drug-likeness (QED) is 0.683. The maximum absolute atomic E-state index is 5.59. The van der Waals surface area contributed by atoms with E-state index in [1.54, 1.807) is 24.0 Å². The van der Waals surface area contributed by atoms with E-state index in [1.807, 2.05) is 12.3 Å². The smallest absolute Gasteiger partial charge is 0.137 e. The van der Waals surface area contributed by atoms with Crippen molar-refractivity contribution in [2.24, 2.45) is 0 Å². The van der Waals surface area contributed by atoms with Gasteiger partial charge in [-0.15, -0.1) is 11.8 Å². The Morgan fingerprint density at radius 3 is 3.00 bits per heavy atom. The molecule has 0 aromatic carbocycles. The Kier molecular flexibility index (Phi) is 2.54. The third kappa shape index (κ3) is 1.74. The molecule has 1 rings (SSSR count). The van der Waals surface area contributed by atoms with Crippen molar-refractivity contribution in [3.05, 3.63) is 24.4 Å². The van der Waals surface area contributed by atoms with Crippen LogP contribution in [0.2, 0.25) is 0 Å². The molecule has 0 aliphatic carbocycles. The van der Waals surface area contributed by atoms with Crippen LogP contribution in [0.5, 0.6) is 0 Å². The topological polar surface area (TPSA) is 38.9 Å². The SMILES string of the molecule is C=Cc1cnc(N)c(SC)c1. The largest absolute Gasteiger partial charge is 0.383 e. The fourth-order valence-electron chi connectivity index (χ4n) is 0.745. The van der Waals surface area contributed by atoms with Gasteiger partial charge in [-0.1, -0.05) is 12.7 Å². The van der Waals surface area contributed by atoms with Gasteiger partial charge in [-0.05, 0) is 17.9 Å². The molecule has 0 unspecified atom stereocenters. The Labute approximate surface area is 70.5 Å². The van der Waals surface area contributed by atoms with E-state index < -0.39 is 0 Å². The van der Waals surface area contributed by atoms with Gasteiger partial charge < -0.3 is 5.73 Å². The minimum absolute atomic E-state index is 0.586. The van der Waals surface area contributed by atoms with Gasteiger partial charge in [-0.25, -0.2) is 4.98 Å². The molecule has 1 aromatic heterocycles. The Morgan fingerprint density at radius 1 is 1.73 bits per heavy atom. The number of nitrogen functional groups attached to an aromatic ring is 1. The molecule has 3 heteroatoms. The van der Waals surface area contributed by atoms with Crippen molar-refractivity contribution in [2.75, 3.05) is 12.0 Å². The summed E-state index contributed by atoms with van der Waals surface area (Å²) in [6.45, 7) is 3.65. The lowest BCUT2D eigenvalue weighted by atomic mass is 10.3. The second-order valence-electron chi connectivity index (χ2n) is 2.06. The molecule has 58 valence electrons. The highest BCUT2D eigenvalue weighted by Crippen LogP contribution is 2.21. The number of thioether (sulfide) groups is 1. The summed E-state index contributed by atoms with van der Waals surface area (Å²) in [6, 6.07) is 1.97. The highest BCUT2D eigenvalue weighted by atomic mass is 32.2. The minimum Gasteiger partial charge on any atom is -0.383 e. The molecule has 1 aromatic rings. The molecule has 2 nitrogen and oxygen atoms in total. The number of hydrogen-bond donors (Lipinski definition) is 1. The molecule has 0 fully saturated rings. The summed E-state index contributed by atoms with van der Waals surface area (Å²) >= 11 is 1.59. The fourth-order valence-corrected chi connectivity index (χ4v) is 1.26. The summed E-state index contributed by atoms with van der Waals surface area (Å²) in [5.74, 6) is 0.586. The molecular formula is C8H10N2S. The lowest BCUT2D eigenvalue weighted by Gasteiger charge is -2.00. The maximum atomic E-state index is 5.59. The zero-order valence-electron chi connectivity index (χ0n) is 6.37. The van der Waals surface area contributed by atoms with Crippen LogP contribution in [0.25, 0.3) is 6.08 Å². The second-order valence-corrected chi connectivity index (χ2v) is 2.91. The summed E-state index contributed by atoms with van der Waals surface area (Å²) in [5, 5.41) is 0. The number of nitrogens with two attached hydrogens (primary N) is 1. The number of anilines is 1. The molecule has 0 amide bonds. The third-order valence-electron chi connectivity index (χ3n) is 1.36. The second kappa shape index (κ2) is 3.44. The van der Waals surface area contributed by atoms with Gasteiger partial charge in [0, 0.05) is 11.1 Å². The normalized spacial score (nSPS) is 9.55. The molecule has 0 spiro atoms. The summed E-state index contributed by atoms with van der Waals surface area (Å²) in [4.78, 5) is 5.01. The molecule has 0 radical (unpaired) electrons. The molecule has 2 N–H and O–H groups in total. The summed E-state index contributed by atoms with van der Waals surface area (Å²) < 4.78 is 0. The van der Waals surface area contributed by atoms with Crippen molar-refractivity contribution in [3.63, 3.8) is 0 Å². The average Bonchev–Trinajstić information content (AvgIpc) is 2.05. The molecule has 0 bridgehead atoms. The van der Waals surface area contributed by atoms with E-state index in [0.29, 0.717) is 5.82 Å². The molecule has 0 saturated heterocycles. The van der Waals surface area contributed by atoms with Crippen LogP contribution in [0.1, 0.15) is 5.56 Å². The van der Waals surface area contributed by atoms with Crippen LogP contribution < -0.4 is 5.73 Å². The summed E-state index contributed by atoms with van der Waals surface area (Å²) in [6.07, 6.45) is 5.44. The first-order valence-electron chi connectivity index (χ1n) is 3.20. The molecule has 0 aliphatic rings. The molecular weight excluding hydrogens is 156 g/mol. The molecule has 1 heterocycles. The van der Waals surface area contributed by atoms with Gasteiger partial charge in [0.1, 0.15) is 5.82 Å². The lowest BCUT2D eigenvalue weighted by Crippen LogP contribution is -1.92. The van der Waals surface area contributed by atoms with Crippen LogP contribution in [0.15, 0.2) is 23.7 Å². The van der Waals surface area contributed by atoms with Crippen LogP contribution >= 0.6 is 11.8 Å². The number of rotatable bonds is 2. The van der Waals surface area contributed by atoms with Crippen molar-refractivity contribution in [1.29, 1.82) is 0 Å². The van der Waals surface area contributed by atoms with Crippen LogP contribution in [0, 0.1) is 0 Å². The Morgan fingerprint density at radius 2 is 2.45 bits per heavy atom. The summed E-state index contributed by atoms with van der Waals surface area (Å²) in [5.41, 5.74) is 6.59. The lowest BCUT2D eigenvalue weighted by molar-refractivity contribution is 1.24. The molecule has 0 atom stereocenters. The molecule has 0 aliphatic heterocycles. The Hall–Kier alpha value is -0.960. The van der Waals surface area contributed by atoms with Crippen molar-refractivity contribution in [1.82, 2.24) is 4.98 Å². The van der Waals surface area contributed by atoms with Gasteiger partial charge in [0.25, 0.3) is 0 Å². The number of hydrogen-bond acceptors (Lipinski definition) is 3. The average molecular weight is 166 g/mol. The number of aromatic nitrogens is 1. The Balaban J connectivity index is 3.12. The standard InChI is InChI=1S/C8H10N2S/c1-3-6-4-7(11-2)8(9)10-5-6/h3-5H,1H2,2H3,(H2,9,10). The molecule has 11 heavy (non-hydrogen) atoms. The van der Waals surface area contributed by atoms with Crippen LogP contribution in [0.4, 0.5) is 5.82 Å². The monoisotopic (exact) mass is 166 g/mol. The van der Waals surface area contributed by atoms with Crippen LogP contribution in [-0.4, -0.2) is 11.2 Å². The van der Waals surface area contributed by atoms with E-state index in [2.05, 4.69) is 11.6 Å². The highest BCUT2D eigenvalue weighted by molar-refractivity contribution is 7.98. The van der Waals surface area contributed by atoms with Crippen molar-refractivity contribution < 1.29 is 0 Å². The van der Waals surface area contributed by atoms with Crippen molar-refractivity contribution >= 4 is 23.7 Å². The van der Waals surface area contributed by atoms with Gasteiger partial charge >= 0.3 is 0 Å². The first-order chi connectivity index (χ1) is 5.27. The van der Waals surface area contributed by atoms with Crippen molar-refractivity contribution in [2.45, 2.75) is 4.90 Å². The first kappa shape index (κ1) is 8.14. The zero-order valence-corrected chi connectivity index (χ0v) is 7.19. The van der Waals surface area contributed by atoms with E-state index in [4.69, 9.17) is 5.73 Å². The van der Waals surface area contributed by atoms with E-state index >= 15 is 0 Å². The van der Waals surface area contributed by atoms with Gasteiger partial charge in [-0.3, -0.25) is 0 Å². The van der Waals surface area contributed by atoms with Gasteiger partial charge in [-0.2, -0.15) is 0 Å². The Bertz CT molecular complexity index is 271. The van der Waals surface area contributed by atoms with E-state index in [-0.39, 0.29) is 0 Å². The number of pyridine rings is 1. The van der Waals surface area contributed by atoms with Crippen molar-refractivity contribution in [3.8, 4) is 0 Å². The van der Waals surface area contributed by atoms with E-state index in [9.17, 15) is 0 Å². The van der Waals surface area contributed by atoms with Crippen LogP contribution in [0.3, 0.4) is 0 Å². The predicted octanol–water partition coefficient (Wildman–Crippen LogP) is 2.03. The summed E-state index contributed by atoms with van der Waals surface area (Å²) in [7, 11) is 0. The van der Waals surface area contributed by atoms with Crippen LogP contribution in [-0.2, 0) is 0 Å². The first-order valence-corrected chi connectivity index (χ1v) is 4.42. The van der Waals surface area contributed by atoms with Gasteiger partial charge in [0.05, 0.1) is 0 Å². The van der Waals surface area contributed by atoms with E-state index in [1.165, 1.54) is 0 Å². The fraction of sp³-hybridized carbons (Fsp3) is 0.125.